The first-order chi connectivity index (χ1) is 16.0. The number of rotatable bonds is 8. The molecule has 0 spiro atoms. The van der Waals surface area contributed by atoms with Crippen molar-refractivity contribution in [2.24, 2.45) is 0 Å². The van der Waals surface area contributed by atoms with Crippen LogP contribution in [0.25, 0.3) is 17.1 Å². The number of benzene rings is 3. The van der Waals surface area contributed by atoms with E-state index in [1.165, 1.54) is 11.8 Å². The Morgan fingerprint density at radius 2 is 1.73 bits per heavy atom. The summed E-state index contributed by atoms with van der Waals surface area (Å²) in [5.74, 6) is 1.32. The molecule has 0 radical (unpaired) electrons. The first-order valence-electron chi connectivity index (χ1n) is 10.5. The lowest BCUT2D eigenvalue weighted by atomic mass is 10.2. The summed E-state index contributed by atoms with van der Waals surface area (Å²) in [7, 11) is 0. The number of anilines is 1. The summed E-state index contributed by atoms with van der Waals surface area (Å²) in [5, 5.41) is 12.6. The van der Waals surface area contributed by atoms with Crippen LogP contribution in [0, 0.1) is 0 Å². The zero-order valence-corrected chi connectivity index (χ0v) is 19.8. The van der Waals surface area contributed by atoms with E-state index in [9.17, 15) is 4.79 Å². The van der Waals surface area contributed by atoms with Crippen molar-refractivity contribution in [1.29, 1.82) is 0 Å². The number of halogens is 1. The predicted octanol–water partition coefficient (Wildman–Crippen LogP) is 6.11. The van der Waals surface area contributed by atoms with Crippen molar-refractivity contribution in [3.63, 3.8) is 0 Å². The van der Waals surface area contributed by atoms with Gasteiger partial charge in [-0.15, -0.1) is 10.2 Å². The maximum atomic E-state index is 12.9. The number of hydrogen-bond donors (Lipinski definition) is 1. The van der Waals surface area contributed by atoms with Gasteiger partial charge in [0.1, 0.15) is 5.75 Å². The maximum absolute atomic E-state index is 12.9. The van der Waals surface area contributed by atoms with E-state index in [0.29, 0.717) is 28.3 Å². The second kappa shape index (κ2) is 10.6. The Balaban J connectivity index is 1.57. The molecule has 0 aliphatic rings. The monoisotopic (exact) mass is 478 g/mol. The molecule has 4 rings (SSSR count). The first-order valence-corrected chi connectivity index (χ1v) is 11.8. The molecule has 0 saturated carbocycles. The number of para-hydroxylation sites is 1. The van der Waals surface area contributed by atoms with E-state index in [0.717, 1.165) is 17.0 Å². The average molecular weight is 479 g/mol. The number of nitrogens with one attached hydrogen (secondary N) is 1. The molecular formula is C25H23ClN4O2S. The summed E-state index contributed by atoms with van der Waals surface area (Å²) < 4.78 is 7.40. The van der Waals surface area contributed by atoms with Crippen LogP contribution < -0.4 is 10.1 Å². The third-order valence-electron chi connectivity index (χ3n) is 4.83. The van der Waals surface area contributed by atoms with Gasteiger partial charge in [0.15, 0.2) is 11.0 Å². The van der Waals surface area contributed by atoms with E-state index in [4.69, 9.17) is 16.3 Å². The third-order valence-corrected chi connectivity index (χ3v) is 6.13. The first kappa shape index (κ1) is 22.9. The molecule has 168 valence electrons. The fourth-order valence-corrected chi connectivity index (χ4v) is 4.19. The Morgan fingerprint density at radius 3 is 2.39 bits per heavy atom. The summed E-state index contributed by atoms with van der Waals surface area (Å²) in [5.41, 5.74) is 2.51. The van der Waals surface area contributed by atoms with Gasteiger partial charge in [-0.25, -0.2) is 0 Å². The lowest BCUT2D eigenvalue weighted by Crippen LogP contribution is -2.22. The normalized spacial score (nSPS) is 11.7. The molecule has 0 fully saturated rings. The molecule has 33 heavy (non-hydrogen) atoms. The van der Waals surface area contributed by atoms with Gasteiger partial charge >= 0.3 is 0 Å². The van der Waals surface area contributed by atoms with E-state index in [1.54, 1.807) is 0 Å². The highest BCUT2D eigenvalue weighted by Gasteiger charge is 2.22. The summed E-state index contributed by atoms with van der Waals surface area (Å²) >= 11 is 7.41. The largest absolute Gasteiger partial charge is 0.494 e. The Kier molecular flexibility index (Phi) is 7.32. The molecule has 1 aromatic heterocycles. The molecule has 1 heterocycles. The van der Waals surface area contributed by atoms with Crippen LogP contribution in [0.3, 0.4) is 0 Å². The van der Waals surface area contributed by atoms with Crippen LogP contribution in [0.4, 0.5) is 5.69 Å². The number of aromatic nitrogens is 3. The fraction of sp³-hybridized carbons (Fsp3) is 0.160. The quantitative estimate of drug-likeness (QED) is 0.309. The zero-order valence-electron chi connectivity index (χ0n) is 18.2. The highest BCUT2D eigenvalue weighted by molar-refractivity contribution is 8.00. The molecule has 1 atom stereocenters. The number of ether oxygens (including phenoxy) is 1. The second-order valence-electron chi connectivity index (χ2n) is 7.19. The number of thioether (sulfide) groups is 1. The lowest BCUT2D eigenvalue weighted by molar-refractivity contribution is -0.115. The second-order valence-corrected chi connectivity index (χ2v) is 8.94. The predicted molar refractivity (Wildman–Crippen MR) is 133 cm³/mol. The van der Waals surface area contributed by atoms with Gasteiger partial charge < -0.3 is 10.1 Å². The van der Waals surface area contributed by atoms with E-state index in [2.05, 4.69) is 15.5 Å². The van der Waals surface area contributed by atoms with Crippen molar-refractivity contribution in [2.45, 2.75) is 24.3 Å². The standard InChI is InChI=1S/C25H23ClN4O2S/c1-3-32-22-15-13-20(14-16-22)27-24(31)17(2)33-25-29-28-23(18-9-11-19(26)12-10-18)30(25)21-7-5-4-6-8-21/h4-17H,3H2,1-2H3,(H,27,31)/t17-/m1/s1. The highest BCUT2D eigenvalue weighted by Crippen LogP contribution is 2.31. The van der Waals surface area contributed by atoms with Crippen molar-refractivity contribution in [1.82, 2.24) is 14.8 Å². The van der Waals surface area contributed by atoms with Gasteiger partial charge in [-0.2, -0.15) is 0 Å². The number of hydrogen-bond acceptors (Lipinski definition) is 5. The molecule has 6 nitrogen and oxygen atoms in total. The Bertz CT molecular complexity index is 1210. The molecule has 1 N–H and O–H groups in total. The van der Waals surface area contributed by atoms with E-state index in [-0.39, 0.29) is 5.91 Å². The Hall–Kier alpha value is -3.29. The van der Waals surface area contributed by atoms with Crippen molar-refractivity contribution >= 4 is 35.0 Å². The van der Waals surface area contributed by atoms with Gasteiger partial charge in [0.2, 0.25) is 5.91 Å². The highest BCUT2D eigenvalue weighted by atomic mass is 35.5. The van der Waals surface area contributed by atoms with Crippen LogP contribution in [-0.2, 0) is 4.79 Å². The van der Waals surface area contributed by atoms with E-state index >= 15 is 0 Å². The Morgan fingerprint density at radius 1 is 1.03 bits per heavy atom. The van der Waals surface area contributed by atoms with Crippen molar-refractivity contribution < 1.29 is 9.53 Å². The number of nitrogens with zero attached hydrogens (tertiary/aromatic N) is 3. The minimum atomic E-state index is -0.402. The minimum Gasteiger partial charge on any atom is -0.494 e. The molecule has 3 aromatic carbocycles. The number of carbonyl (C=O) groups excluding carboxylic acids is 1. The molecule has 0 aliphatic heterocycles. The van der Waals surface area contributed by atoms with Crippen LogP contribution in [0.2, 0.25) is 5.02 Å². The van der Waals surface area contributed by atoms with Gasteiger partial charge in [0.25, 0.3) is 0 Å². The lowest BCUT2D eigenvalue weighted by Gasteiger charge is -2.14. The molecule has 1 amide bonds. The number of carbonyl (C=O) groups is 1. The summed E-state index contributed by atoms with van der Waals surface area (Å²) in [6.45, 7) is 4.38. The topological polar surface area (TPSA) is 69.0 Å². The van der Waals surface area contributed by atoms with Crippen molar-refractivity contribution in [2.75, 3.05) is 11.9 Å². The van der Waals surface area contributed by atoms with Crippen molar-refractivity contribution in [3.8, 4) is 22.8 Å². The fourth-order valence-electron chi connectivity index (χ4n) is 3.20. The SMILES string of the molecule is CCOc1ccc(NC(=O)[C@@H](C)Sc2nnc(-c3ccc(Cl)cc3)n2-c2ccccc2)cc1. The van der Waals surface area contributed by atoms with Crippen LogP contribution in [-0.4, -0.2) is 32.5 Å². The molecule has 4 aromatic rings. The molecule has 0 unspecified atom stereocenters. The molecular weight excluding hydrogens is 456 g/mol. The van der Waals surface area contributed by atoms with Crippen LogP contribution in [0.5, 0.6) is 5.75 Å². The Labute approximate surface area is 202 Å². The van der Waals surface area contributed by atoms with Gasteiger partial charge in [-0.05, 0) is 74.5 Å². The number of amides is 1. The average Bonchev–Trinajstić information content (AvgIpc) is 3.25. The molecule has 8 heteroatoms. The summed E-state index contributed by atoms with van der Waals surface area (Å²) in [6, 6.07) is 24.6. The van der Waals surface area contributed by atoms with Gasteiger partial charge in [0, 0.05) is 22.0 Å². The third kappa shape index (κ3) is 5.56. The summed E-state index contributed by atoms with van der Waals surface area (Å²) in [4.78, 5) is 12.9. The smallest absolute Gasteiger partial charge is 0.237 e. The minimum absolute atomic E-state index is 0.125. The summed E-state index contributed by atoms with van der Waals surface area (Å²) in [6.07, 6.45) is 0. The van der Waals surface area contributed by atoms with Gasteiger partial charge in [-0.1, -0.05) is 41.6 Å². The van der Waals surface area contributed by atoms with Gasteiger partial charge in [0.05, 0.1) is 11.9 Å². The van der Waals surface area contributed by atoms with E-state index < -0.39 is 5.25 Å². The van der Waals surface area contributed by atoms with Crippen LogP contribution in [0.15, 0.2) is 84.0 Å². The maximum Gasteiger partial charge on any atom is 0.237 e. The van der Waals surface area contributed by atoms with Crippen LogP contribution >= 0.6 is 23.4 Å². The zero-order chi connectivity index (χ0) is 23.2. The molecule has 0 saturated heterocycles. The van der Waals surface area contributed by atoms with Gasteiger partial charge in [-0.3, -0.25) is 9.36 Å². The molecule has 0 aliphatic carbocycles. The van der Waals surface area contributed by atoms with E-state index in [1.807, 2.05) is 97.3 Å². The van der Waals surface area contributed by atoms with Crippen molar-refractivity contribution in [3.05, 3.63) is 83.9 Å². The molecule has 0 bridgehead atoms. The van der Waals surface area contributed by atoms with Crippen LogP contribution in [0.1, 0.15) is 13.8 Å².